The van der Waals surface area contributed by atoms with Crippen LogP contribution in [0.5, 0.6) is 5.75 Å². The number of ether oxygens (including phenoxy) is 1. The Hall–Kier alpha value is -2.52. The third-order valence-corrected chi connectivity index (χ3v) is 6.86. The van der Waals surface area contributed by atoms with Crippen LogP contribution in [-0.2, 0) is 14.8 Å². The molecule has 0 unspecified atom stereocenters. The van der Waals surface area contributed by atoms with Gasteiger partial charge in [0.05, 0.1) is 17.7 Å². The molecule has 6 nitrogen and oxygen atoms in total. The molecule has 0 bridgehead atoms. The van der Waals surface area contributed by atoms with Crippen molar-refractivity contribution in [3.05, 3.63) is 53.6 Å². The Bertz CT molecular complexity index is 1020. The summed E-state index contributed by atoms with van der Waals surface area (Å²) in [5.41, 5.74) is 1.53. The van der Waals surface area contributed by atoms with E-state index in [4.69, 9.17) is 4.74 Å². The zero-order valence-corrected chi connectivity index (χ0v) is 16.9. The molecule has 0 spiro atoms. The highest BCUT2D eigenvalue weighted by atomic mass is 32.2. The van der Waals surface area contributed by atoms with Crippen LogP contribution in [0.15, 0.2) is 41.3 Å². The molecule has 9 heteroatoms. The molecule has 1 N–H and O–H groups in total. The molecule has 0 aromatic heterocycles. The number of carbonyl (C=O) groups is 1. The van der Waals surface area contributed by atoms with E-state index in [9.17, 15) is 22.0 Å². The summed E-state index contributed by atoms with van der Waals surface area (Å²) < 4.78 is 58.3. The predicted octanol–water partition coefficient (Wildman–Crippen LogP) is 3.32. The smallest absolute Gasteiger partial charge is 0.243 e. The first kappa shape index (κ1) is 21.2. The van der Waals surface area contributed by atoms with Gasteiger partial charge in [-0.15, -0.1) is 0 Å². The molecule has 1 saturated heterocycles. The molecule has 2 aromatic rings. The van der Waals surface area contributed by atoms with Gasteiger partial charge in [0.15, 0.2) is 11.6 Å². The SMILES string of the molecule is COc1ccc(C)cc1NC(=O)C1CCN(S(=O)(=O)c2ccc(F)c(F)c2)CC1. The maximum absolute atomic E-state index is 13.4. The number of benzene rings is 2. The van der Waals surface area contributed by atoms with Crippen LogP contribution >= 0.6 is 0 Å². The quantitative estimate of drug-likeness (QED) is 0.799. The monoisotopic (exact) mass is 424 g/mol. The molecule has 1 heterocycles. The lowest BCUT2D eigenvalue weighted by atomic mass is 9.97. The van der Waals surface area contributed by atoms with Crippen LogP contribution in [0, 0.1) is 24.5 Å². The normalized spacial score (nSPS) is 15.9. The standard InChI is InChI=1S/C20H22F2N2O4S/c1-13-3-6-19(28-2)18(11-13)23-20(25)14-7-9-24(10-8-14)29(26,27)15-4-5-16(21)17(22)12-15/h3-6,11-12,14H,7-10H2,1-2H3,(H,23,25). The van der Waals surface area contributed by atoms with Gasteiger partial charge < -0.3 is 10.1 Å². The van der Waals surface area contributed by atoms with Crippen molar-refractivity contribution in [3.63, 3.8) is 0 Å². The van der Waals surface area contributed by atoms with Crippen molar-refractivity contribution in [1.82, 2.24) is 4.31 Å². The average molecular weight is 424 g/mol. The Morgan fingerprint density at radius 2 is 1.79 bits per heavy atom. The van der Waals surface area contributed by atoms with Crippen molar-refractivity contribution >= 4 is 21.6 Å². The van der Waals surface area contributed by atoms with Gasteiger partial charge in [0.2, 0.25) is 15.9 Å². The number of hydrogen-bond donors (Lipinski definition) is 1. The Labute approximate surface area is 168 Å². The first-order valence-corrected chi connectivity index (χ1v) is 10.6. The second kappa shape index (κ2) is 8.46. The lowest BCUT2D eigenvalue weighted by Crippen LogP contribution is -2.41. The summed E-state index contributed by atoms with van der Waals surface area (Å²) in [5, 5.41) is 2.85. The van der Waals surface area contributed by atoms with E-state index in [1.165, 1.54) is 11.4 Å². The zero-order chi connectivity index (χ0) is 21.2. The molecule has 156 valence electrons. The van der Waals surface area contributed by atoms with E-state index in [1.54, 1.807) is 12.1 Å². The van der Waals surface area contributed by atoms with Gasteiger partial charge in [-0.05, 0) is 55.7 Å². The Balaban J connectivity index is 1.66. The van der Waals surface area contributed by atoms with E-state index < -0.39 is 21.7 Å². The van der Waals surface area contributed by atoms with Crippen molar-refractivity contribution in [3.8, 4) is 5.75 Å². The molecular weight excluding hydrogens is 402 g/mol. The topological polar surface area (TPSA) is 75.7 Å². The maximum Gasteiger partial charge on any atom is 0.243 e. The minimum atomic E-state index is -3.95. The maximum atomic E-state index is 13.4. The number of methoxy groups -OCH3 is 1. The average Bonchev–Trinajstić information content (AvgIpc) is 2.70. The van der Waals surface area contributed by atoms with Crippen LogP contribution in [0.3, 0.4) is 0 Å². The number of piperidine rings is 1. The highest BCUT2D eigenvalue weighted by Crippen LogP contribution is 2.29. The van der Waals surface area contributed by atoms with Crippen LogP contribution < -0.4 is 10.1 Å². The molecule has 1 amide bonds. The van der Waals surface area contributed by atoms with Crippen LogP contribution in [-0.4, -0.2) is 38.8 Å². The number of nitrogens with one attached hydrogen (secondary N) is 1. The first-order chi connectivity index (χ1) is 13.7. The molecule has 3 rings (SSSR count). The zero-order valence-electron chi connectivity index (χ0n) is 16.1. The van der Waals surface area contributed by atoms with E-state index in [1.807, 2.05) is 13.0 Å². The molecule has 2 aromatic carbocycles. The van der Waals surface area contributed by atoms with Crippen molar-refractivity contribution < 1.29 is 26.7 Å². The van der Waals surface area contributed by atoms with Gasteiger partial charge in [0.25, 0.3) is 0 Å². The summed E-state index contributed by atoms with van der Waals surface area (Å²) in [7, 11) is -2.43. The molecule has 0 aliphatic carbocycles. The van der Waals surface area contributed by atoms with Crippen molar-refractivity contribution in [2.75, 3.05) is 25.5 Å². The third-order valence-electron chi connectivity index (χ3n) is 4.97. The van der Waals surface area contributed by atoms with Crippen molar-refractivity contribution in [1.29, 1.82) is 0 Å². The number of hydrogen-bond acceptors (Lipinski definition) is 4. The summed E-state index contributed by atoms with van der Waals surface area (Å²) in [6.07, 6.45) is 0.645. The van der Waals surface area contributed by atoms with Crippen LogP contribution in [0.4, 0.5) is 14.5 Å². The lowest BCUT2D eigenvalue weighted by Gasteiger charge is -2.30. The highest BCUT2D eigenvalue weighted by Gasteiger charge is 2.32. The lowest BCUT2D eigenvalue weighted by molar-refractivity contribution is -0.120. The Kier molecular flexibility index (Phi) is 6.18. The third kappa shape index (κ3) is 4.56. The first-order valence-electron chi connectivity index (χ1n) is 9.13. The fourth-order valence-electron chi connectivity index (χ4n) is 3.30. The fraction of sp³-hybridized carbons (Fsp3) is 0.350. The number of anilines is 1. The van der Waals surface area contributed by atoms with Gasteiger partial charge in [-0.25, -0.2) is 17.2 Å². The highest BCUT2D eigenvalue weighted by molar-refractivity contribution is 7.89. The Morgan fingerprint density at radius 3 is 2.41 bits per heavy atom. The van der Waals surface area contributed by atoms with E-state index in [2.05, 4.69) is 5.32 Å². The van der Waals surface area contributed by atoms with Gasteiger partial charge in [0.1, 0.15) is 5.75 Å². The molecule has 29 heavy (non-hydrogen) atoms. The van der Waals surface area contributed by atoms with Gasteiger partial charge in [-0.2, -0.15) is 4.31 Å². The summed E-state index contributed by atoms with van der Waals surface area (Å²) in [4.78, 5) is 12.3. The van der Waals surface area contributed by atoms with Crippen LogP contribution in [0.2, 0.25) is 0 Å². The number of rotatable bonds is 5. The van der Waals surface area contributed by atoms with Crippen LogP contribution in [0.25, 0.3) is 0 Å². The molecule has 1 aliphatic heterocycles. The fourth-order valence-corrected chi connectivity index (χ4v) is 4.78. The molecule has 1 fully saturated rings. The minimum absolute atomic E-state index is 0.115. The Morgan fingerprint density at radius 1 is 1.10 bits per heavy atom. The summed E-state index contributed by atoms with van der Waals surface area (Å²) in [5.74, 6) is -2.35. The summed E-state index contributed by atoms with van der Waals surface area (Å²) >= 11 is 0. The van der Waals surface area contributed by atoms with Crippen molar-refractivity contribution in [2.45, 2.75) is 24.7 Å². The molecule has 0 radical (unpaired) electrons. The van der Waals surface area contributed by atoms with Crippen LogP contribution in [0.1, 0.15) is 18.4 Å². The second-order valence-electron chi connectivity index (χ2n) is 6.95. The number of amides is 1. The van der Waals surface area contributed by atoms with E-state index in [-0.39, 0.29) is 29.8 Å². The molecule has 0 atom stereocenters. The van der Waals surface area contributed by atoms with E-state index in [0.29, 0.717) is 30.3 Å². The van der Waals surface area contributed by atoms with Gasteiger partial charge in [-0.3, -0.25) is 4.79 Å². The number of sulfonamides is 1. The van der Waals surface area contributed by atoms with Gasteiger partial charge in [0, 0.05) is 19.0 Å². The molecule has 1 aliphatic rings. The van der Waals surface area contributed by atoms with Gasteiger partial charge >= 0.3 is 0 Å². The van der Waals surface area contributed by atoms with E-state index in [0.717, 1.165) is 17.7 Å². The molecule has 0 saturated carbocycles. The minimum Gasteiger partial charge on any atom is -0.495 e. The van der Waals surface area contributed by atoms with Crippen molar-refractivity contribution in [2.24, 2.45) is 5.92 Å². The number of nitrogens with zero attached hydrogens (tertiary/aromatic N) is 1. The summed E-state index contributed by atoms with van der Waals surface area (Å²) in [6, 6.07) is 7.94. The largest absolute Gasteiger partial charge is 0.495 e. The predicted molar refractivity (Wildman–Crippen MR) is 104 cm³/mol. The second-order valence-corrected chi connectivity index (χ2v) is 8.89. The van der Waals surface area contributed by atoms with E-state index >= 15 is 0 Å². The number of carbonyl (C=O) groups excluding carboxylic acids is 1. The number of halogens is 2. The summed E-state index contributed by atoms with van der Waals surface area (Å²) in [6.45, 7) is 2.13. The van der Waals surface area contributed by atoms with Gasteiger partial charge in [-0.1, -0.05) is 6.07 Å². The molecular formula is C20H22F2N2O4S. The number of aryl methyl sites for hydroxylation is 1.